The summed E-state index contributed by atoms with van der Waals surface area (Å²) < 4.78 is 6.35. The average Bonchev–Trinajstić information content (AvgIpc) is 3.35. The van der Waals surface area contributed by atoms with Gasteiger partial charge in [-0.1, -0.05) is 100 Å². The largest absolute Gasteiger partial charge is 0.497 e. The van der Waals surface area contributed by atoms with Gasteiger partial charge in [-0.2, -0.15) is 5.10 Å². The highest BCUT2D eigenvalue weighted by Crippen LogP contribution is 2.39. The molecule has 172 valence electrons. The molecule has 6 heteroatoms. The van der Waals surface area contributed by atoms with Crippen LogP contribution in [0.25, 0.3) is 21.7 Å². The first-order chi connectivity index (χ1) is 17.2. The minimum Gasteiger partial charge on any atom is -0.497 e. The van der Waals surface area contributed by atoms with Crippen LogP contribution in [-0.2, 0) is 0 Å². The van der Waals surface area contributed by atoms with E-state index in [1.165, 1.54) is 0 Å². The molecule has 0 aliphatic heterocycles. The van der Waals surface area contributed by atoms with Gasteiger partial charge in [0, 0.05) is 21.2 Å². The molecule has 0 aliphatic rings. The van der Waals surface area contributed by atoms with Crippen LogP contribution in [-0.4, -0.2) is 17.8 Å². The molecule has 1 aromatic heterocycles. The SMILES string of the molecule is COc1ccc(/C(=N/Nc2nc(-c3ccccc3)c(-c3ccccc3)s2)c2ccc(Br)cc2)cc1. The number of nitrogens with zero attached hydrogens (tertiary/aromatic N) is 2. The first kappa shape index (κ1) is 23.0. The van der Waals surface area contributed by atoms with Gasteiger partial charge in [0.25, 0.3) is 0 Å². The summed E-state index contributed by atoms with van der Waals surface area (Å²) in [6.45, 7) is 0. The summed E-state index contributed by atoms with van der Waals surface area (Å²) in [5.74, 6) is 0.803. The molecular weight excluding hydrogens is 518 g/mol. The molecule has 0 unspecified atom stereocenters. The summed E-state index contributed by atoms with van der Waals surface area (Å²) in [5, 5.41) is 5.55. The monoisotopic (exact) mass is 539 g/mol. The Labute approximate surface area is 217 Å². The number of methoxy groups -OCH3 is 1. The quantitative estimate of drug-likeness (QED) is 0.168. The molecule has 5 rings (SSSR count). The number of hydrogen-bond acceptors (Lipinski definition) is 5. The number of benzene rings is 4. The van der Waals surface area contributed by atoms with Crippen LogP contribution in [0.3, 0.4) is 0 Å². The van der Waals surface area contributed by atoms with E-state index in [9.17, 15) is 0 Å². The fraction of sp³-hybridized carbons (Fsp3) is 0.0345. The first-order valence-corrected chi connectivity index (χ1v) is 12.7. The Morgan fingerprint density at radius 1 is 0.771 bits per heavy atom. The maximum Gasteiger partial charge on any atom is 0.204 e. The molecule has 0 saturated heterocycles. The van der Waals surface area contributed by atoms with E-state index >= 15 is 0 Å². The Morgan fingerprint density at radius 3 is 1.94 bits per heavy atom. The van der Waals surface area contributed by atoms with E-state index in [-0.39, 0.29) is 0 Å². The lowest BCUT2D eigenvalue weighted by molar-refractivity contribution is 0.415. The van der Waals surface area contributed by atoms with Crippen molar-refractivity contribution >= 4 is 38.1 Å². The fourth-order valence-corrected chi connectivity index (χ4v) is 4.90. The van der Waals surface area contributed by atoms with E-state index in [2.05, 4.69) is 45.6 Å². The van der Waals surface area contributed by atoms with Crippen molar-refractivity contribution in [2.45, 2.75) is 0 Å². The van der Waals surface area contributed by atoms with E-state index in [1.54, 1.807) is 18.4 Å². The van der Waals surface area contributed by atoms with Gasteiger partial charge in [-0.15, -0.1) is 0 Å². The smallest absolute Gasteiger partial charge is 0.204 e. The highest BCUT2D eigenvalue weighted by atomic mass is 79.9. The van der Waals surface area contributed by atoms with E-state index in [1.807, 2.05) is 84.9 Å². The van der Waals surface area contributed by atoms with Gasteiger partial charge in [0.15, 0.2) is 0 Å². The lowest BCUT2D eigenvalue weighted by Gasteiger charge is -2.09. The number of ether oxygens (including phenoxy) is 1. The Balaban J connectivity index is 1.55. The molecule has 0 fully saturated rings. The van der Waals surface area contributed by atoms with Gasteiger partial charge in [0.2, 0.25) is 5.13 Å². The predicted octanol–water partition coefficient (Wildman–Crippen LogP) is 8.11. The number of anilines is 1. The minimum atomic E-state index is 0.728. The second-order valence-corrected chi connectivity index (χ2v) is 9.65. The predicted molar refractivity (Wildman–Crippen MR) is 149 cm³/mol. The molecule has 0 saturated carbocycles. The molecule has 0 bridgehead atoms. The Hall–Kier alpha value is -3.74. The Bertz CT molecular complexity index is 1370. The molecule has 1 N–H and O–H groups in total. The molecule has 0 spiro atoms. The summed E-state index contributed by atoms with van der Waals surface area (Å²) in [5.41, 5.74) is 9.17. The van der Waals surface area contributed by atoms with Crippen molar-refractivity contribution in [3.63, 3.8) is 0 Å². The zero-order valence-electron chi connectivity index (χ0n) is 19.0. The van der Waals surface area contributed by atoms with Gasteiger partial charge >= 0.3 is 0 Å². The maximum atomic E-state index is 5.33. The van der Waals surface area contributed by atoms with Crippen molar-refractivity contribution < 1.29 is 4.74 Å². The second-order valence-electron chi connectivity index (χ2n) is 7.74. The van der Waals surface area contributed by atoms with Crippen molar-refractivity contribution in [2.75, 3.05) is 12.5 Å². The lowest BCUT2D eigenvalue weighted by Crippen LogP contribution is -2.06. The second kappa shape index (κ2) is 10.7. The fourth-order valence-electron chi connectivity index (χ4n) is 3.70. The molecule has 5 aromatic rings. The van der Waals surface area contributed by atoms with Crippen LogP contribution in [0.2, 0.25) is 0 Å². The maximum absolute atomic E-state index is 5.33. The highest BCUT2D eigenvalue weighted by Gasteiger charge is 2.15. The molecule has 0 radical (unpaired) electrons. The third-order valence-electron chi connectivity index (χ3n) is 5.45. The normalized spacial score (nSPS) is 11.3. The van der Waals surface area contributed by atoms with Gasteiger partial charge in [-0.3, -0.25) is 5.43 Å². The van der Waals surface area contributed by atoms with Crippen molar-refractivity contribution in [1.82, 2.24) is 4.98 Å². The summed E-state index contributed by atoms with van der Waals surface area (Å²) in [6.07, 6.45) is 0. The van der Waals surface area contributed by atoms with Gasteiger partial charge in [0.1, 0.15) is 5.75 Å². The van der Waals surface area contributed by atoms with E-state index in [0.29, 0.717) is 0 Å². The summed E-state index contributed by atoms with van der Waals surface area (Å²) >= 11 is 5.11. The highest BCUT2D eigenvalue weighted by molar-refractivity contribution is 9.10. The standard InChI is InChI=1S/C29H22BrN3OS/c1-34-25-18-14-22(15-19-25)26(21-12-16-24(30)17-13-21)32-33-29-31-27(20-8-4-2-5-9-20)28(35-29)23-10-6-3-7-11-23/h2-19H,1H3,(H,31,33)/b32-26+. The van der Waals surface area contributed by atoms with E-state index < -0.39 is 0 Å². The summed E-state index contributed by atoms with van der Waals surface area (Å²) in [7, 11) is 1.66. The summed E-state index contributed by atoms with van der Waals surface area (Å²) in [4.78, 5) is 6.03. The molecule has 0 atom stereocenters. The molecule has 4 nitrogen and oxygen atoms in total. The molecule has 1 heterocycles. The van der Waals surface area contributed by atoms with E-state index in [0.717, 1.165) is 53.9 Å². The number of halogens is 1. The van der Waals surface area contributed by atoms with Gasteiger partial charge in [0.05, 0.1) is 23.4 Å². The number of thiazole rings is 1. The third-order valence-corrected chi connectivity index (χ3v) is 6.99. The van der Waals surface area contributed by atoms with Crippen LogP contribution < -0.4 is 10.2 Å². The van der Waals surface area contributed by atoms with Crippen LogP contribution in [0.1, 0.15) is 11.1 Å². The number of hydrazone groups is 1. The van der Waals surface area contributed by atoms with Crippen LogP contribution in [0.5, 0.6) is 5.75 Å². The number of nitrogens with one attached hydrogen (secondary N) is 1. The summed E-state index contributed by atoms with van der Waals surface area (Å²) in [6, 6.07) is 36.6. The van der Waals surface area contributed by atoms with Crippen molar-refractivity contribution in [3.8, 4) is 27.4 Å². The van der Waals surface area contributed by atoms with Crippen LogP contribution in [0, 0.1) is 0 Å². The zero-order valence-corrected chi connectivity index (χ0v) is 21.4. The number of rotatable bonds is 7. The van der Waals surface area contributed by atoms with Crippen molar-refractivity contribution in [2.24, 2.45) is 5.10 Å². The van der Waals surface area contributed by atoms with Crippen molar-refractivity contribution in [3.05, 3.63) is 125 Å². The van der Waals surface area contributed by atoms with Crippen LogP contribution >= 0.6 is 27.3 Å². The van der Waals surface area contributed by atoms with Gasteiger partial charge in [-0.25, -0.2) is 4.98 Å². The van der Waals surface area contributed by atoms with Gasteiger partial charge in [-0.05, 0) is 42.0 Å². The van der Waals surface area contributed by atoms with E-state index in [4.69, 9.17) is 14.8 Å². The molecule has 35 heavy (non-hydrogen) atoms. The molecular formula is C29H22BrN3OS. The molecule has 0 aliphatic carbocycles. The number of aromatic nitrogens is 1. The topological polar surface area (TPSA) is 46.5 Å². The molecule has 4 aromatic carbocycles. The first-order valence-electron chi connectivity index (χ1n) is 11.1. The van der Waals surface area contributed by atoms with Crippen molar-refractivity contribution in [1.29, 1.82) is 0 Å². The van der Waals surface area contributed by atoms with Crippen LogP contribution in [0.4, 0.5) is 5.13 Å². The van der Waals surface area contributed by atoms with Gasteiger partial charge < -0.3 is 4.74 Å². The Kier molecular flexibility index (Phi) is 7.02. The minimum absolute atomic E-state index is 0.728. The van der Waals surface area contributed by atoms with Crippen LogP contribution in [0.15, 0.2) is 119 Å². The lowest BCUT2D eigenvalue weighted by atomic mass is 10.0. The molecule has 0 amide bonds. The average molecular weight is 540 g/mol. The Morgan fingerprint density at radius 2 is 1.34 bits per heavy atom. The third kappa shape index (κ3) is 5.34. The number of hydrogen-bond donors (Lipinski definition) is 1. The zero-order chi connectivity index (χ0) is 24.0.